The molecular weight excluding hydrogens is 402 g/mol. The second-order valence-corrected chi connectivity index (χ2v) is 8.53. The minimum absolute atomic E-state index is 0.875. The highest BCUT2D eigenvalue weighted by atomic mass is 16.5. The van der Waals surface area contributed by atoms with E-state index in [1.165, 1.54) is 55.1 Å². The molecule has 0 spiro atoms. The second kappa shape index (κ2) is 7.83. The summed E-state index contributed by atoms with van der Waals surface area (Å²) in [5.41, 5.74) is 8.68. The van der Waals surface area contributed by atoms with Crippen molar-refractivity contribution in [1.29, 1.82) is 0 Å². The number of hydrogen-bond acceptors (Lipinski definition) is 1. The molecule has 0 amide bonds. The molecule has 0 unspecified atom stereocenters. The van der Waals surface area contributed by atoms with Gasteiger partial charge in [0.25, 0.3) is 0 Å². The lowest BCUT2D eigenvalue weighted by Gasteiger charge is -2.12. The van der Waals surface area contributed by atoms with Crippen LogP contribution in [-0.4, -0.2) is 11.5 Å². The summed E-state index contributed by atoms with van der Waals surface area (Å²) in [6.45, 7) is 2.20. The Morgan fingerprint density at radius 2 is 1.36 bits per heavy atom. The van der Waals surface area contributed by atoms with Crippen molar-refractivity contribution in [3.63, 3.8) is 0 Å². The smallest absolute Gasteiger partial charge is 0.118 e. The molecule has 33 heavy (non-hydrogen) atoms. The highest BCUT2D eigenvalue weighted by Crippen LogP contribution is 2.35. The maximum Gasteiger partial charge on any atom is 0.118 e. The van der Waals surface area contributed by atoms with Crippen LogP contribution in [0.2, 0.25) is 0 Å². The van der Waals surface area contributed by atoms with Gasteiger partial charge in [-0.2, -0.15) is 0 Å². The Hall–Kier alpha value is -4.04. The molecule has 2 nitrogen and oxygen atoms in total. The molecule has 0 radical (unpaired) electrons. The summed E-state index contributed by atoms with van der Waals surface area (Å²) in [6, 6.07) is 37.3. The van der Waals surface area contributed by atoms with Gasteiger partial charge in [0.1, 0.15) is 5.75 Å². The molecule has 0 aliphatic carbocycles. The first kappa shape index (κ1) is 19.6. The molecule has 160 valence electrons. The van der Waals surface area contributed by atoms with Gasteiger partial charge in [0, 0.05) is 10.8 Å². The van der Waals surface area contributed by atoms with Crippen molar-refractivity contribution in [1.82, 2.24) is 4.40 Å². The molecular formula is C31H25NO. The zero-order valence-corrected chi connectivity index (χ0v) is 18.9. The normalized spacial score (nSPS) is 11.5. The van der Waals surface area contributed by atoms with Crippen molar-refractivity contribution >= 4 is 27.2 Å². The van der Waals surface area contributed by atoms with Crippen LogP contribution in [0.25, 0.3) is 49.6 Å². The highest BCUT2D eigenvalue weighted by Gasteiger charge is 2.13. The van der Waals surface area contributed by atoms with E-state index in [1.54, 1.807) is 7.11 Å². The third kappa shape index (κ3) is 3.27. The first-order valence-corrected chi connectivity index (χ1v) is 11.5. The summed E-state index contributed by atoms with van der Waals surface area (Å²) in [4.78, 5) is 0. The number of hydrogen-bond donors (Lipinski definition) is 0. The summed E-state index contributed by atoms with van der Waals surface area (Å²) >= 11 is 0. The van der Waals surface area contributed by atoms with Crippen molar-refractivity contribution in [3.05, 3.63) is 109 Å². The van der Waals surface area contributed by atoms with E-state index in [2.05, 4.69) is 102 Å². The minimum Gasteiger partial charge on any atom is -0.497 e. The Morgan fingerprint density at radius 1 is 0.636 bits per heavy atom. The SMILES string of the molecule is CCc1ccc(-c2cc3ccccc3c3cc4cc(-c5ccc(OC)cc5)ccc4n23)cc1. The van der Waals surface area contributed by atoms with Gasteiger partial charge in [0.15, 0.2) is 0 Å². The Balaban J connectivity index is 1.62. The molecule has 0 atom stereocenters. The molecule has 0 saturated carbocycles. The topological polar surface area (TPSA) is 13.6 Å². The van der Waals surface area contributed by atoms with E-state index in [9.17, 15) is 0 Å². The number of ether oxygens (including phenoxy) is 1. The number of benzene rings is 4. The second-order valence-electron chi connectivity index (χ2n) is 8.53. The van der Waals surface area contributed by atoms with Crippen LogP contribution in [0.3, 0.4) is 0 Å². The summed E-state index contributed by atoms with van der Waals surface area (Å²) < 4.78 is 7.74. The Labute approximate surface area is 193 Å². The molecule has 6 rings (SSSR count). The first-order chi connectivity index (χ1) is 16.2. The van der Waals surface area contributed by atoms with Gasteiger partial charge < -0.3 is 9.14 Å². The quantitative estimate of drug-likeness (QED) is 0.277. The van der Waals surface area contributed by atoms with E-state index in [1.807, 2.05) is 12.1 Å². The van der Waals surface area contributed by atoms with Gasteiger partial charge in [-0.05, 0) is 70.5 Å². The predicted octanol–water partition coefficient (Wildman–Crippen LogP) is 8.15. The van der Waals surface area contributed by atoms with E-state index in [0.29, 0.717) is 0 Å². The molecule has 0 aliphatic rings. The van der Waals surface area contributed by atoms with Gasteiger partial charge in [-0.15, -0.1) is 0 Å². The van der Waals surface area contributed by atoms with Gasteiger partial charge in [-0.25, -0.2) is 0 Å². The standard InChI is InChI=1S/C31H25NO/c1-3-21-8-10-23(11-9-21)30-19-25-6-4-5-7-28(25)31-20-26-18-24(14-17-29(26)32(30)31)22-12-15-27(33-2)16-13-22/h4-20H,3H2,1-2H3. The van der Waals surface area contributed by atoms with Crippen LogP contribution in [0, 0.1) is 0 Å². The van der Waals surface area contributed by atoms with E-state index in [4.69, 9.17) is 4.74 Å². The maximum absolute atomic E-state index is 5.32. The van der Waals surface area contributed by atoms with Crippen LogP contribution < -0.4 is 4.74 Å². The first-order valence-electron chi connectivity index (χ1n) is 11.5. The number of aryl methyl sites for hydroxylation is 1. The Kier molecular flexibility index (Phi) is 4.66. The zero-order chi connectivity index (χ0) is 22.4. The van der Waals surface area contributed by atoms with Crippen LogP contribution >= 0.6 is 0 Å². The Bertz CT molecular complexity index is 1610. The third-order valence-electron chi connectivity index (χ3n) is 6.65. The molecule has 6 aromatic rings. The molecule has 0 fully saturated rings. The predicted molar refractivity (Wildman–Crippen MR) is 139 cm³/mol. The van der Waals surface area contributed by atoms with Crippen LogP contribution in [0.4, 0.5) is 0 Å². The monoisotopic (exact) mass is 427 g/mol. The van der Waals surface area contributed by atoms with Gasteiger partial charge >= 0.3 is 0 Å². The highest BCUT2D eigenvalue weighted by molar-refractivity contribution is 6.05. The van der Waals surface area contributed by atoms with Crippen LogP contribution in [0.5, 0.6) is 5.75 Å². The average Bonchev–Trinajstić information content (AvgIpc) is 3.27. The number of nitrogens with zero attached hydrogens (tertiary/aromatic N) is 1. The van der Waals surface area contributed by atoms with Crippen molar-refractivity contribution in [2.75, 3.05) is 7.11 Å². The molecule has 0 saturated heterocycles. The minimum atomic E-state index is 0.875. The lowest BCUT2D eigenvalue weighted by molar-refractivity contribution is 0.415. The summed E-state index contributed by atoms with van der Waals surface area (Å²) in [7, 11) is 1.70. The van der Waals surface area contributed by atoms with Gasteiger partial charge in [-0.1, -0.05) is 73.7 Å². The molecule has 0 aliphatic heterocycles. The van der Waals surface area contributed by atoms with Gasteiger partial charge in [-0.3, -0.25) is 0 Å². The summed E-state index contributed by atoms with van der Waals surface area (Å²) in [6.07, 6.45) is 1.05. The van der Waals surface area contributed by atoms with Gasteiger partial charge in [0.05, 0.1) is 23.8 Å². The number of aromatic nitrogens is 1. The van der Waals surface area contributed by atoms with Crippen molar-refractivity contribution in [2.24, 2.45) is 0 Å². The lowest BCUT2D eigenvalue weighted by atomic mass is 10.0. The van der Waals surface area contributed by atoms with Crippen LogP contribution in [-0.2, 0) is 6.42 Å². The fraction of sp³-hybridized carbons (Fsp3) is 0.0968. The van der Waals surface area contributed by atoms with Crippen LogP contribution in [0.1, 0.15) is 12.5 Å². The number of fused-ring (bicyclic) bond motifs is 5. The van der Waals surface area contributed by atoms with Crippen molar-refractivity contribution in [3.8, 4) is 28.1 Å². The number of pyridine rings is 1. The van der Waals surface area contributed by atoms with E-state index in [0.717, 1.165) is 12.2 Å². The molecule has 2 heterocycles. The lowest BCUT2D eigenvalue weighted by Crippen LogP contribution is -1.94. The van der Waals surface area contributed by atoms with E-state index in [-0.39, 0.29) is 0 Å². The third-order valence-corrected chi connectivity index (χ3v) is 6.65. The zero-order valence-electron chi connectivity index (χ0n) is 18.9. The van der Waals surface area contributed by atoms with Crippen LogP contribution in [0.15, 0.2) is 103 Å². The van der Waals surface area contributed by atoms with E-state index < -0.39 is 0 Å². The Morgan fingerprint density at radius 3 is 2.12 bits per heavy atom. The average molecular weight is 428 g/mol. The molecule has 0 N–H and O–H groups in total. The van der Waals surface area contributed by atoms with E-state index >= 15 is 0 Å². The molecule has 2 heteroatoms. The summed E-state index contributed by atoms with van der Waals surface area (Å²) in [5, 5.41) is 3.78. The van der Waals surface area contributed by atoms with Crippen molar-refractivity contribution < 1.29 is 4.74 Å². The number of methoxy groups -OCH3 is 1. The summed E-state index contributed by atoms with van der Waals surface area (Å²) in [5.74, 6) is 0.875. The molecule has 2 aromatic heterocycles. The largest absolute Gasteiger partial charge is 0.497 e. The van der Waals surface area contributed by atoms with Crippen molar-refractivity contribution in [2.45, 2.75) is 13.3 Å². The molecule has 0 bridgehead atoms. The number of rotatable bonds is 4. The molecule has 4 aromatic carbocycles. The fourth-order valence-electron chi connectivity index (χ4n) is 4.83. The van der Waals surface area contributed by atoms with Gasteiger partial charge in [0.2, 0.25) is 0 Å². The maximum atomic E-state index is 5.32. The fourth-order valence-corrected chi connectivity index (χ4v) is 4.83.